The SMILES string of the molecule is Cc1ccc2[nH]c3c(-c4cccnc4)c(C)c(=O)[nH]c3c2c1. The molecule has 0 aliphatic rings. The Morgan fingerprint density at radius 3 is 2.68 bits per heavy atom. The van der Waals surface area contributed by atoms with E-state index >= 15 is 0 Å². The molecular formula is C18H15N3O. The zero-order valence-corrected chi connectivity index (χ0v) is 12.4. The second-order valence-electron chi connectivity index (χ2n) is 5.62. The summed E-state index contributed by atoms with van der Waals surface area (Å²) in [6.45, 7) is 3.89. The van der Waals surface area contributed by atoms with Crippen molar-refractivity contribution in [3.05, 3.63) is 64.2 Å². The van der Waals surface area contributed by atoms with Crippen molar-refractivity contribution in [2.45, 2.75) is 13.8 Å². The molecule has 0 fully saturated rings. The van der Waals surface area contributed by atoms with Crippen LogP contribution in [0.4, 0.5) is 0 Å². The van der Waals surface area contributed by atoms with Gasteiger partial charge in [0, 0.05) is 40.0 Å². The minimum absolute atomic E-state index is 0.0613. The zero-order chi connectivity index (χ0) is 15.3. The monoisotopic (exact) mass is 289 g/mol. The lowest BCUT2D eigenvalue weighted by atomic mass is 10.0. The molecule has 0 aliphatic heterocycles. The molecule has 0 unspecified atom stereocenters. The number of hydrogen-bond acceptors (Lipinski definition) is 2. The van der Waals surface area contributed by atoms with Gasteiger partial charge < -0.3 is 9.97 Å². The summed E-state index contributed by atoms with van der Waals surface area (Å²) in [4.78, 5) is 23.0. The molecule has 108 valence electrons. The van der Waals surface area contributed by atoms with E-state index in [1.807, 2.05) is 32.0 Å². The first-order chi connectivity index (χ1) is 10.6. The predicted octanol–water partition coefficient (Wildman–Crippen LogP) is 3.69. The highest BCUT2D eigenvalue weighted by Gasteiger charge is 2.15. The molecule has 2 N–H and O–H groups in total. The Hall–Kier alpha value is -2.88. The van der Waals surface area contributed by atoms with Crippen LogP contribution >= 0.6 is 0 Å². The third kappa shape index (κ3) is 1.77. The maximum absolute atomic E-state index is 12.4. The van der Waals surface area contributed by atoms with Crippen LogP contribution in [0.15, 0.2) is 47.5 Å². The quantitative estimate of drug-likeness (QED) is 0.561. The van der Waals surface area contributed by atoms with Gasteiger partial charge in [-0.3, -0.25) is 9.78 Å². The van der Waals surface area contributed by atoms with Gasteiger partial charge in [-0.25, -0.2) is 0 Å². The second kappa shape index (κ2) is 4.56. The number of aryl methyl sites for hydroxylation is 1. The maximum Gasteiger partial charge on any atom is 0.252 e. The van der Waals surface area contributed by atoms with Crippen molar-refractivity contribution in [2.24, 2.45) is 0 Å². The average molecular weight is 289 g/mol. The van der Waals surface area contributed by atoms with Crippen LogP contribution in [0.25, 0.3) is 33.1 Å². The number of aromatic nitrogens is 3. The molecule has 0 atom stereocenters. The van der Waals surface area contributed by atoms with Crippen LogP contribution in [0.5, 0.6) is 0 Å². The van der Waals surface area contributed by atoms with Crippen molar-refractivity contribution >= 4 is 21.9 Å². The van der Waals surface area contributed by atoms with E-state index in [0.29, 0.717) is 5.56 Å². The van der Waals surface area contributed by atoms with Crippen LogP contribution in [0.3, 0.4) is 0 Å². The molecule has 0 radical (unpaired) electrons. The number of benzene rings is 1. The largest absolute Gasteiger partial charge is 0.353 e. The Labute approximate surface area is 126 Å². The lowest BCUT2D eigenvalue weighted by molar-refractivity contribution is 1.23. The molecule has 1 aromatic carbocycles. The third-order valence-electron chi connectivity index (χ3n) is 4.11. The number of nitrogens with zero attached hydrogens (tertiary/aromatic N) is 1. The summed E-state index contributed by atoms with van der Waals surface area (Å²) in [6.07, 6.45) is 3.52. The van der Waals surface area contributed by atoms with Gasteiger partial charge in [-0.15, -0.1) is 0 Å². The fourth-order valence-electron chi connectivity index (χ4n) is 3.00. The third-order valence-corrected chi connectivity index (χ3v) is 4.11. The fraction of sp³-hybridized carbons (Fsp3) is 0.111. The molecule has 0 saturated carbocycles. The Bertz CT molecular complexity index is 1060. The minimum atomic E-state index is -0.0613. The molecule has 4 rings (SSSR count). The van der Waals surface area contributed by atoms with Crippen molar-refractivity contribution in [3.63, 3.8) is 0 Å². The Morgan fingerprint density at radius 2 is 1.91 bits per heavy atom. The van der Waals surface area contributed by atoms with Gasteiger partial charge in [0.1, 0.15) is 0 Å². The first-order valence-electron chi connectivity index (χ1n) is 7.20. The van der Waals surface area contributed by atoms with Crippen LogP contribution in [-0.2, 0) is 0 Å². The van der Waals surface area contributed by atoms with E-state index in [4.69, 9.17) is 0 Å². The summed E-state index contributed by atoms with van der Waals surface area (Å²) < 4.78 is 0. The molecule has 3 heterocycles. The van der Waals surface area contributed by atoms with Crippen molar-refractivity contribution < 1.29 is 0 Å². The standard InChI is InChI=1S/C18H15N3O/c1-10-5-6-14-13(8-10)16-17(20-14)15(11(2)18(22)21-16)12-4-3-7-19-9-12/h3-9,20H,1-2H3,(H,21,22). The molecule has 0 saturated heterocycles. The highest BCUT2D eigenvalue weighted by Crippen LogP contribution is 2.32. The van der Waals surface area contributed by atoms with Crippen molar-refractivity contribution in [3.8, 4) is 11.1 Å². The van der Waals surface area contributed by atoms with E-state index in [1.165, 1.54) is 0 Å². The molecule has 0 bridgehead atoms. The van der Waals surface area contributed by atoms with Crippen LogP contribution in [-0.4, -0.2) is 15.0 Å². The van der Waals surface area contributed by atoms with Crippen LogP contribution < -0.4 is 5.56 Å². The summed E-state index contributed by atoms with van der Waals surface area (Å²) in [6, 6.07) is 10.1. The van der Waals surface area contributed by atoms with E-state index in [2.05, 4.69) is 27.1 Å². The highest BCUT2D eigenvalue weighted by molar-refractivity contribution is 6.10. The molecule has 0 spiro atoms. The number of nitrogens with one attached hydrogen (secondary N) is 2. The molecule has 3 aromatic heterocycles. The summed E-state index contributed by atoms with van der Waals surface area (Å²) >= 11 is 0. The number of aromatic amines is 2. The van der Waals surface area contributed by atoms with Crippen molar-refractivity contribution in [1.82, 2.24) is 15.0 Å². The summed E-state index contributed by atoms with van der Waals surface area (Å²) in [5.41, 5.74) is 6.49. The number of fused-ring (bicyclic) bond motifs is 3. The molecular weight excluding hydrogens is 274 g/mol. The van der Waals surface area contributed by atoms with Crippen LogP contribution in [0.2, 0.25) is 0 Å². The number of H-pyrrole nitrogens is 2. The van der Waals surface area contributed by atoms with E-state index < -0.39 is 0 Å². The number of pyridine rings is 2. The molecule has 4 heteroatoms. The molecule has 0 aliphatic carbocycles. The molecule has 0 amide bonds. The van der Waals surface area contributed by atoms with Gasteiger partial charge >= 0.3 is 0 Å². The van der Waals surface area contributed by atoms with Gasteiger partial charge in [-0.2, -0.15) is 0 Å². The lowest BCUT2D eigenvalue weighted by Crippen LogP contribution is -2.10. The predicted molar refractivity (Wildman–Crippen MR) is 89.1 cm³/mol. The normalized spacial score (nSPS) is 11.4. The number of rotatable bonds is 1. The van der Waals surface area contributed by atoms with Crippen LogP contribution in [0, 0.1) is 13.8 Å². The fourth-order valence-corrected chi connectivity index (χ4v) is 3.00. The smallest absolute Gasteiger partial charge is 0.252 e. The number of hydrogen-bond donors (Lipinski definition) is 2. The van der Waals surface area contributed by atoms with E-state index in [1.54, 1.807) is 12.4 Å². The summed E-state index contributed by atoms with van der Waals surface area (Å²) in [7, 11) is 0. The maximum atomic E-state index is 12.4. The van der Waals surface area contributed by atoms with Gasteiger partial charge in [0.25, 0.3) is 5.56 Å². The first-order valence-corrected chi connectivity index (χ1v) is 7.20. The zero-order valence-electron chi connectivity index (χ0n) is 12.4. The Balaban J connectivity index is 2.22. The van der Waals surface area contributed by atoms with Crippen LogP contribution in [0.1, 0.15) is 11.1 Å². The molecule has 4 nitrogen and oxygen atoms in total. The second-order valence-corrected chi connectivity index (χ2v) is 5.62. The van der Waals surface area contributed by atoms with E-state index in [9.17, 15) is 4.79 Å². The van der Waals surface area contributed by atoms with E-state index in [0.717, 1.165) is 38.6 Å². The lowest BCUT2D eigenvalue weighted by Gasteiger charge is -2.06. The molecule has 4 aromatic rings. The first kappa shape index (κ1) is 12.8. The minimum Gasteiger partial charge on any atom is -0.353 e. The molecule has 22 heavy (non-hydrogen) atoms. The summed E-state index contributed by atoms with van der Waals surface area (Å²) in [5, 5.41) is 1.04. The average Bonchev–Trinajstić information content (AvgIpc) is 2.87. The van der Waals surface area contributed by atoms with Crippen molar-refractivity contribution in [1.29, 1.82) is 0 Å². The van der Waals surface area contributed by atoms with Crippen molar-refractivity contribution in [2.75, 3.05) is 0 Å². The van der Waals surface area contributed by atoms with Gasteiger partial charge in [0.05, 0.1) is 11.0 Å². The topological polar surface area (TPSA) is 61.5 Å². The highest BCUT2D eigenvalue weighted by atomic mass is 16.1. The van der Waals surface area contributed by atoms with E-state index in [-0.39, 0.29) is 5.56 Å². The van der Waals surface area contributed by atoms with Gasteiger partial charge in [0.15, 0.2) is 0 Å². The Kier molecular flexibility index (Phi) is 2.66. The van der Waals surface area contributed by atoms with Gasteiger partial charge in [-0.05, 0) is 32.0 Å². The van der Waals surface area contributed by atoms with Gasteiger partial charge in [-0.1, -0.05) is 17.7 Å². The summed E-state index contributed by atoms with van der Waals surface area (Å²) in [5.74, 6) is 0. The van der Waals surface area contributed by atoms with Gasteiger partial charge in [0.2, 0.25) is 0 Å². The Morgan fingerprint density at radius 1 is 1.05 bits per heavy atom.